The Hall–Kier alpha value is -0.410. The van der Waals surface area contributed by atoms with Gasteiger partial charge in [0.25, 0.3) is 0 Å². The quantitative estimate of drug-likeness (QED) is 0.512. The van der Waals surface area contributed by atoms with E-state index >= 15 is 0 Å². The molecule has 2 heterocycles. The number of nitrogens with two attached hydrogens (primary N) is 1. The highest BCUT2D eigenvalue weighted by Crippen LogP contribution is 2.38. The Morgan fingerprint density at radius 1 is 1.05 bits per heavy atom. The van der Waals surface area contributed by atoms with Gasteiger partial charge in [-0.15, -0.1) is 11.3 Å². The lowest BCUT2D eigenvalue weighted by Crippen LogP contribution is -2.10. The Labute approximate surface area is 143 Å². The fourth-order valence-corrected chi connectivity index (χ4v) is 4.68. The molecule has 3 aromatic rings. The van der Waals surface area contributed by atoms with Crippen LogP contribution in [0, 0.1) is 0 Å². The number of hydrogen-bond acceptors (Lipinski definition) is 3. The van der Waals surface area contributed by atoms with Crippen LogP contribution in [0.15, 0.2) is 35.7 Å². The van der Waals surface area contributed by atoms with Crippen LogP contribution in [0.2, 0.25) is 0 Å². The molecule has 104 valence electrons. The number of aromatic nitrogens is 2. The molecule has 0 amide bonds. The number of benzene rings is 1. The summed E-state index contributed by atoms with van der Waals surface area (Å²) in [5.41, 5.74) is 8.54. The van der Waals surface area contributed by atoms with E-state index in [2.05, 4.69) is 57.8 Å². The van der Waals surface area contributed by atoms with Gasteiger partial charge in [0.15, 0.2) is 0 Å². The molecule has 0 aliphatic carbocycles. The van der Waals surface area contributed by atoms with E-state index in [1.807, 2.05) is 18.2 Å². The minimum atomic E-state index is -0.264. The molecule has 0 fully saturated rings. The molecule has 1 unspecified atom stereocenters. The predicted molar refractivity (Wildman–Crippen MR) is 92.4 cm³/mol. The molecule has 3 rings (SSSR count). The normalized spacial score (nSPS) is 13.0. The number of fused-ring (bicyclic) bond motifs is 1. The highest BCUT2D eigenvalue weighted by Gasteiger charge is 2.17. The zero-order valence-corrected chi connectivity index (χ0v) is 15.4. The van der Waals surface area contributed by atoms with Gasteiger partial charge in [-0.3, -0.25) is 0 Å². The maximum atomic E-state index is 11.3. The topological polar surface area (TPSA) is 74.7 Å². The lowest BCUT2D eigenvalue weighted by molar-refractivity contribution is 0.889. The van der Waals surface area contributed by atoms with Crippen molar-refractivity contribution in [2.45, 2.75) is 6.04 Å². The molecular formula is C12H8Br3N3OS. The Kier molecular flexibility index (Phi) is 3.93. The summed E-state index contributed by atoms with van der Waals surface area (Å²) in [6.07, 6.45) is 0. The largest absolute Gasteiger partial charge is 0.323 e. The summed E-state index contributed by atoms with van der Waals surface area (Å²) in [7, 11) is 0. The molecule has 4 nitrogen and oxygen atoms in total. The average Bonchev–Trinajstić information content (AvgIpc) is 2.90. The van der Waals surface area contributed by atoms with E-state index in [-0.39, 0.29) is 11.7 Å². The molecule has 0 aliphatic heterocycles. The van der Waals surface area contributed by atoms with Crippen LogP contribution in [-0.4, -0.2) is 9.97 Å². The zero-order chi connectivity index (χ0) is 14.4. The van der Waals surface area contributed by atoms with Gasteiger partial charge in [0.2, 0.25) is 0 Å². The number of thiophene rings is 1. The van der Waals surface area contributed by atoms with Crippen molar-refractivity contribution in [2.75, 3.05) is 0 Å². The number of nitrogens with one attached hydrogen (secondary N) is 2. The molecule has 4 N–H and O–H groups in total. The Bertz CT molecular complexity index is 832. The van der Waals surface area contributed by atoms with Crippen molar-refractivity contribution in [3.05, 3.63) is 51.9 Å². The van der Waals surface area contributed by atoms with Crippen LogP contribution in [0.3, 0.4) is 0 Å². The number of hydrogen-bond donors (Lipinski definition) is 3. The predicted octanol–water partition coefficient (Wildman–Crippen LogP) is 4.25. The second-order valence-electron chi connectivity index (χ2n) is 4.25. The average molecular weight is 482 g/mol. The highest BCUT2D eigenvalue weighted by molar-refractivity contribution is 9.13. The summed E-state index contributed by atoms with van der Waals surface area (Å²) in [6.45, 7) is 0. The van der Waals surface area contributed by atoms with Crippen LogP contribution in [0.4, 0.5) is 0 Å². The maximum absolute atomic E-state index is 11.3. The van der Waals surface area contributed by atoms with Gasteiger partial charge < -0.3 is 15.7 Å². The lowest BCUT2D eigenvalue weighted by atomic mass is 10.1. The van der Waals surface area contributed by atoms with Crippen molar-refractivity contribution in [3.8, 4) is 0 Å². The number of imidazole rings is 1. The van der Waals surface area contributed by atoms with Crippen molar-refractivity contribution < 1.29 is 0 Å². The summed E-state index contributed by atoms with van der Waals surface area (Å²) in [4.78, 5) is 17.8. The van der Waals surface area contributed by atoms with E-state index in [1.165, 1.54) is 0 Å². The standard InChI is InChI=1S/C12H8Br3N3OS/c13-5-2-8-7(17-12(19)18-8)1-4(5)10(16)9-3-6(14)11(15)20-9/h1-3,10H,16H2,(H2,17,18,19). The maximum Gasteiger partial charge on any atom is 0.323 e. The van der Waals surface area contributed by atoms with Crippen LogP contribution < -0.4 is 11.4 Å². The molecule has 0 saturated heterocycles. The summed E-state index contributed by atoms with van der Waals surface area (Å²) < 4.78 is 2.86. The molecule has 1 aromatic carbocycles. The van der Waals surface area contributed by atoms with Crippen molar-refractivity contribution in [2.24, 2.45) is 5.73 Å². The van der Waals surface area contributed by atoms with Gasteiger partial charge in [0.05, 0.1) is 20.9 Å². The minimum Gasteiger partial charge on any atom is -0.320 e. The first kappa shape index (κ1) is 14.5. The van der Waals surface area contributed by atoms with E-state index < -0.39 is 0 Å². The fraction of sp³-hybridized carbons (Fsp3) is 0.0833. The molecular weight excluding hydrogens is 474 g/mol. The van der Waals surface area contributed by atoms with Gasteiger partial charge >= 0.3 is 5.69 Å². The number of rotatable bonds is 2. The summed E-state index contributed by atoms with van der Waals surface area (Å²) >= 11 is 12.0. The second kappa shape index (κ2) is 5.42. The van der Waals surface area contributed by atoms with Crippen molar-refractivity contribution >= 4 is 70.2 Å². The molecule has 2 aromatic heterocycles. The van der Waals surface area contributed by atoms with Gasteiger partial charge in [0.1, 0.15) is 0 Å². The third kappa shape index (κ3) is 2.55. The minimum absolute atomic E-state index is 0.223. The first-order valence-electron chi connectivity index (χ1n) is 5.57. The molecule has 0 radical (unpaired) electrons. The van der Waals surface area contributed by atoms with Crippen molar-refractivity contribution in [1.29, 1.82) is 0 Å². The number of halogens is 3. The summed E-state index contributed by atoms with van der Waals surface area (Å²) in [5, 5.41) is 0. The van der Waals surface area contributed by atoms with E-state index in [1.54, 1.807) is 11.3 Å². The molecule has 20 heavy (non-hydrogen) atoms. The number of H-pyrrole nitrogens is 2. The number of aromatic amines is 2. The van der Waals surface area contributed by atoms with Gasteiger partial charge in [-0.1, -0.05) is 15.9 Å². The van der Waals surface area contributed by atoms with Crippen LogP contribution in [0.25, 0.3) is 11.0 Å². The SMILES string of the molecule is NC(c1cc(Br)c(Br)s1)c1cc2[nH]c(=O)[nH]c2cc1Br. The van der Waals surface area contributed by atoms with Gasteiger partial charge in [-0.05, 0) is 55.6 Å². The highest BCUT2D eigenvalue weighted by atomic mass is 79.9. The molecule has 0 spiro atoms. The van der Waals surface area contributed by atoms with Gasteiger partial charge in [-0.25, -0.2) is 4.79 Å². The van der Waals surface area contributed by atoms with Crippen LogP contribution >= 0.6 is 59.1 Å². The van der Waals surface area contributed by atoms with Crippen molar-refractivity contribution in [1.82, 2.24) is 9.97 Å². The first-order chi connectivity index (χ1) is 9.45. The third-order valence-corrected chi connectivity index (χ3v) is 6.97. The first-order valence-corrected chi connectivity index (χ1v) is 8.77. The summed E-state index contributed by atoms with van der Waals surface area (Å²) in [5.74, 6) is 0. The lowest BCUT2D eigenvalue weighted by Gasteiger charge is -2.12. The van der Waals surface area contributed by atoms with Crippen LogP contribution in [0.5, 0.6) is 0 Å². The third-order valence-electron chi connectivity index (χ3n) is 2.94. The van der Waals surface area contributed by atoms with E-state index in [0.29, 0.717) is 0 Å². The molecule has 8 heteroatoms. The Morgan fingerprint density at radius 3 is 2.30 bits per heavy atom. The van der Waals surface area contributed by atoms with E-state index in [0.717, 1.165) is 34.2 Å². The van der Waals surface area contributed by atoms with Gasteiger partial charge in [0, 0.05) is 13.8 Å². The van der Waals surface area contributed by atoms with Crippen LogP contribution in [-0.2, 0) is 0 Å². The summed E-state index contributed by atoms with van der Waals surface area (Å²) in [6, 6.07) is 5.49. The molecule has 0 saturated carbocycles. The fourth-order valence-electron chi connectivity index (χ4n) is 1.98. The molecule has 0 bridgehead atoms. The monoisotopic (exact) mass is 479 g/mol. The van der Waals surface area contributed by atoms with Gasteiger partial charge in [-0.2, -0.15) is 0 Å². The van der Waals surface area contributed by atoms with E-state index in [4.69, 9.17) is 5.73 Å². The van der Waals surface area contributed by atoms with Crippen LogP contribution in [0.1, 0.15) is 16.5 Å². The smallest absolute Gasteiger partial charge is 0.320 e. The van der Waals surface area contributed by atoms with E-state index in [9.17, 15) is 4.79 Å². The Balaban J connectivity index is 2.12. The molecule has 0 aliphatic rings. The molecule has 1 atom stereocenters. The Morgan fingerprint density at radius 2 is 1.70 bits per heavy atom. The van der Waals surface area contributed by atoms with Crippen molar-refractivity contribution in [3.63, 3.8) is 0 Å². The second-order valence-corrected chi connectivity index (χ2v) is 8.36. The zero-order valence-electron chi connectivity index (χ0n) is 9.84.